The van der Waals surface area contributed by atoms with Crippen molar-refractivity contribution in [1.29, 1.82) is 0 Å². The van der Waals surface area contributed by atoms with Gasteiger partial charge in [-0.1, -0.05) is 0 Å². The number of ether oxygens (including phenoxy) is 4. The molecule has 12 atom stereocenters. The van der Waals surface area contributed by atoms with E-state index in [2.05, 4.69) is 10.6 Å². The first kappa shape index (κ1) is 34.4. The molecule has 17 heteroatoms. The summed E-state index contributed by atoms with van der Waals surface area (Å²) in [7, 11) is 0. The molecule has 0 aromatic rings. The molecule has 1 saturated carbocycles. The first-order chi connectivity index (χ1) is 19.5. The summed E-state index contributed by atoms with van der Waals surface area (Å²) in [4.78, 5) is 12.5. The first-order valence-electron chi connectivity index (χ1n) is 14.0. The van der Waals surface area contributed by atoms with Gasteiger partial charge >= 0.3 is 0 Å². The van der Waals surface area contributed by atoms with Crippen LogP contribution in [0.2, 0.25) is 0 Å². The van der Waals surface area contributed by atoms with Crippen LogP contribution in [0.1, 0.15) is 25.7 Å². The lowest BCUT2D eigenvalue weighted by Crippen LogP contribution is -2.69. The molecule has 0 aromatic heterocycles. The molecule has 16 N–H and O–H groups in total. The van der Waals surface area contributed by atoms with Gasteiger partial charge in [-0.25, -0.2) is 0 Å². The Hall–Kier alpha value is -1.13. The number of nitrogens with two attached hydrogens (primary N) is 4. The van der Waals surface area contributed by atoms with E-state index in [9.17, 15) is 30.3 Å². The zero-order chi connectivity index (χ0) is 30.3. The smallest absolute Gasteiger partial charge is 0.250 e. The molecular weight excluding hydrogens is 548 g/mol. The maximum absolute atomic E-state index is 12.5. The van der Waals surface area contributed by atoms with Crippen LogP contribution in [0.4, 0.5) is 0 Å². The second-order valence-electron chi connectivity index (χ2n) is 11.1. The number of aliphatic hydroxyl groups excluding tert-OH is 6. The molecule has 2 aliphatic heterocycles. The highest BCUT2D eigenvalue weighted by Crippen LogP contribution is 2.34. The molecular formula is C24H48N6O11. The van der Waals surface area contributed by atoms with Crippen molar-refractivity contribution in [1.82, 2.24) is 10.6 Å². The van der Waals surface area contributed by atoms with Crippen molar-refractivity contribution in [2.45, 2.75) is 105 Å². The second-order valence-corrected chi connectivity index (χ2v) is 11.1. The first-order valence-corrected chi connectivity index (χ1v) is 14.0. The van der Waals surface area contributed by atoms with Crippen molar-refractivity contribution in [3.63, 3.8) is 0 Å². The molecule has 0 spiro atoms. The van der Waals surface area contributed by atoms with Crippen molar-refractivity contribution in [3.8, 4) is 0 Å². The SMILES string of the molecule is NCC(O)C(=O)NC1CC(N)C(OC2OC(CNCCO)CCC2N)C(O)C1OC1OC(CO)(CO)CC(N)C1O. The normalized spacial score (nSPS) is 40.2. The molecule has 240 valence electrons. The van der Waals surface area contributed by atoms with E-state index in [1.165, 1.54) is 0 Å². The third-order valence-corrected chi connectivity index (χ3v) is 7.88. The van der Waals surface area contributed by atoms with E-state index in [0.717, 1.165) is 0 Å². The van der Waals surface area contributed by atoms with E-state index in [1.807, 2.05) is 0 Å². The van der Waals surface area contributed by atoms with Crippen LogP contribution in [0.5, 0.6) is 0 Å². The highest BCUT2D eigenvalue weighted by Gasteiger charge is 2.52. The topological polar surface area (TPSA) is 304 Å². The summed E-state index contributed by atoms with van der Waals surface area (Å²) in [6, 6.07) is -3.35. The summed E-state index contributed by atoms with van der Waals surface area (Å²) in [6.45, 7) is -0.793. The van der Waals surface area contributed by atoms with E-state index in [1.54, 1.807) is 0 Å². The maximum atomic E-state index is 12.5. The maximum Gasteiger partial charge on any atom is 0.250 e. The molecule has 0 bridgehead atoms. The number of hydrogen-bond acceptors (Lipinski definition) is 16. The molecule has 3 aliphatic rings. The largest absolute Gasteiger partial charge is 0.395 e. The van der Waals surface area contributed by atoms with Crippen LogP contribution in [-0.2, 0) is 23.7 Å². The quantitative estimate of drug-likeness (QED) is 0.0879. The minimum absolute atomic E-state index is 0.00111. The van der Waals surface area contributed by atoms with Crippen LogP contribution < -0.4 is 33.6 Å². The number of carbonyl (C=O) groups excluding carboxylic acids is 1. The lowest BCUT2D eigenvalue weighted by Gasteiger charge is -2.49. The number of rotatable bonds is 13. The van der Waals surface area contributed by atoms with Gasteiger partial charge in [0, 0.05) is 31.7 Å². The van der Waals surface area contributed by atoms with Gasteiger partial charge in [0.25, 0.3) is 0 Å². The van der Waals surface area contributed by atoms with Crippen LogP contribution >= 0.6 is 0 Å². The van der Waals surface area contributed by atoms with Crippen molar-refractivity contribution in [2.24, 2.45) is 22.9 Å². The Bertz CT molecular complexity index is 814. The molecule has 0 radical (unpaired) electrons. The lowest BCUT2D eigenvalue weighted by atomic mass is 9.83. The zero-order valence-electron chi connectivity index (χ0n) is 23.0. The Morgan fingerprint density at radius 2 is 1.66 bits per heavy atom. The lowest BCUT2D eigenvalue weighted by molar-refractivity contribution is -0.325. The Kier molecular flexibility index (Phi) is 13.0. The van der Waals surface area contributed by atoms with Crippen LogP contribution in [0.3, 0.4) is 0 Å². The number of aliphatic hydroxyl groups is 6. The van der Waals surface area contributed by atoms with E-state index >= 15 is 0 Å². The predicted octanol–water partition coefficient (Wildman–Crippen LogP) is -6.77. The monoisotopic (exact) mass is 596 g/mol. The summed E-state index contributed by atoms with van der Waals surface area (Å²) < 4.78 is 23.8. The molecule has 0 aromatic carbocycles. The minimum atomic E-state index is -1.54. The van der Waals surface area contributed by atoms with Crippen LogP contribution in [0.25, 0.3) is 0 Å². The van der Waals surface area contributed by atoms with Gasteiger partial charge in [0.05, 0.1) is 38.0 Å². The van der Waals surface area contributed by atoms with Gasteiger partial charge in [-0.2, -0.15) is 0 Å². The van der Waals surface area contributed by atoms with Crippen molar-refractivity contribution in [3.05, 3.63) is 0 Å². The van der Waals surface area contributed by atoms with Crippen LogP contribution in [0.15, 0.2) is 0 Å². The van der Waals surface area contributed by atoms with Gasteiger partial charge in [-0.15, -0.1) is 0 Å². The van der Waals surface area contributed by atoms with Gasteiger partial charge in [-0.3, -0.25) is 4.79 Å². The van der Waals surface area contributed by atoms with Crippen LogP contribution in [0, 0.1) is 0 Å². The van der Waals surface area contributed by atoms with E-state index in [4.69, 9.17) is 47.0 Å². The van der Waals surface area contributed by atoms with Gasteiger partial charge in [0.2, 0.25) is 5.91 Å². The summed E-state index contributed by atoms with van der Waals surface area (Å²) in [5.41, 5.74) is 22.6. The zero-order valence-corrected chi connectivity index (χ0v) is 23.0. The molecule has 2 heterocycles. The fraction of sp³-hybridized carbons (Fsp3) is 0.958. The fourth-order valence-electron chi connectivity index (χ4n) is 5.41. The van der Waals surface area contributed by atoms with Crippen molar-refractivity contribution < 1.29 is 54.4 Å². The van der Waals surface area contributed by atoms with Gasteiger partial charge in [0.15, 0.2) is 12.6 Å². The highest BCUT2D eigenvalue weighted by atomic mass is 16.7. The van der Waals surface area contributed by atoms with E-state index in [-0.39, 0.29) is 32.1 Å². The molecule has 1 amide bonds. The molecule has 17 nitrogen and oxygen atoms in total. The number of nitrogens with one attached hydrogen (secondary N) is 2. The predicted molar refractivity (Wildman–Crippen MR) is 142 cm³/mol. The molecule has 12 unspecified atom stereocenters. The number of carbonyl (C=O) groups is 1. The third kappa shape index (κ3) is 8.49. The molecule has 2 saturated heterocycles. The summed E-state index contributed by atoms with van der Waals surface area (Å²) >= 11 is 0. The molecule has 3 fully saturated rings. The highest BCUT2D eigenvalue weighted by molar-refractivity contribution is 5.81. The van der Waals surface area contributed by atoms with E-state index < -0.39 is 92.0 Å². The minimum Gasteiger partial charge on any atom is -0.395 e. The van der Waals surface area contributed by atoms with Gasteiger partial charge in [0.1, 0.15) is 36.1 Å². The van der Waals surface area contributed by atoms with Gasteiger partial charge in [-0.05, 0) is 25.7 Å². The van der Waals surface area contributed by atoms with Gasteiger partial charge < -0.3 is 83.2 Å². The number of hydrogen-bond donors (Lipinski definition) is 12. The van der Waals surface area contributed by atoms with Crippen molar-refractivity contribution >= 4 is 5.91 Å². The summed E-state index contributed by atoms with van der Waals surface area (Å²) in [6.07, 6.45) is -8.52. The Labute approximate surface area is 238 Å². The number of amides is 1. The van der Waals surface area contributed by atoms with Crippen LogP contribution in [-0.4, -0.2) is 155 Å². The average molecular weight is 597 g/mol. The fourth-order valence-corrected chi connectivity index (χ4v) is 5.41. The van der Waals surface area contributed by atoms with Crippen molar-refractivity contribution in [2.75, 3.05) is 39.5 Å². The second kappa shape index (κ2) is 15.6. The Morgan fingerprint density at radius 1 is 0.976 bits per heavy atom. The molecule has 41 heavy (non-hydrogen) atoms. The molecule has 1 aliphatic carbocycles. The molecule has 3 rings (SSSR count). The Morgan fingerprint density at radius 3 is 2.29 bits per heavy atom. The summed E-state index contributed by atoms with van der Waals surface area (Å²) in [5, 5.41) is 66.5. The standard InChI is InChI=1S/C24H48N6O11/c25-7-16(34)21(37)30-15-5-13(27)19(39-22-12(26)2-1-11(38-22)8-29-3-4-31)18(36)20(15)40-23-17(35)14(28)6-24(9-32,10-33)41-23/h11-20,22-23,29,31-36H,1-10,25-28H2,(H,30,37). The summed E-state index contributed by atoms with van der Waals surface area (Å²) in [5.74, 6) is -0.831. The average Bonchev–Trinajstić information content (AvgIpc) is 2.96. The van der Waals surface area contributed by atoms with E-state index in [0.29, 0.717) is 25.9 Å². The Balaban J connectivity index is 1.81. The third-order valence-electron chi connectivity index (χ3n) is 7.88.